The maximum Gasteiger partial charge on any atom is 0.308 e. The van der Waals surface area contributed by atoms with Crippen LogP contribution in [-0.4, -0.2) is 48.0 Å². The number of hydrogen-bond donors (Lipinski definition) is 2. The van der Waals surface area contributed by atoms with Gasteiger partial charge in [-0.05, 0) is 54.1 Å². The van der Waals surface area contributed by atoms with Crippen LogP contribution in [0, 0.1) is 16.0 Å². The third-order valence-electron chi connectivity index (χ3n) is 7.61. The zero-order chi connectivity index (χ0) is 32.9. The number of anilines is 2. The third kappa shape index (κ3) is 5.57. The summed E-state index contributed by atoms with van der Waals surface area (Å²) in [5.41, 5.74) is 0.902. The van der Waals surface area contributed by atoms with Crippen LogP contribution in [0.3, 0.4) is 0 Å². The maximum absolute atomic E-state index is 14.0. The number of nitrogens with one attached hydrogen (secondary N) is 1. The number of imide groups is 1. The second-order valence-corrected chi connectivity index (χ2v) is 14.0. The number of rotatable bonds is 8. The molecule has 2 unspecified atom stereocenters. The van der Waals surface area contributed by atoms with Crippen LogP contribution in [0.1, 0.15) is 16.4 Å². The molecule has 0 radical (unpaired) electrons. The van der Waals surface area contributed by atoms with E-state index in [4.69, 9.17) is 9.88 Å². The summed E-state index contributed by atoms with van der Waals surface area (Å²) in [5, 5.41) is 18.3. The van der Waals surface area contributed by atoms with E-state index in [0.717, 1.165) is 28.0 Å². The number of nitro groups is 1. The Bertz CT molecular complexity index is 2060. The van der Waals surface area contributed by atoms with Crippen LogP contribution in [0.15, 0.2) is 87.5 Å². The summed E-state index contributed by atoms with van der Waals surface area (Å²) in [6.45, 7) is -0.421. The highest BCUT2D eigenvalue weighted by Crippen LogP contribution is 2.54. The summed E-state index contributed by atoms with van der Waals surface area (Å²) in [7, 11) is -2.42. The molecule has 14 nitrogen and oxygen atoms in total. The van der Waals surface area contributed by atoms with E-state index in [1.54, 1.807) is 24.3 Å². The fraction of sp³-hybridized carbons (Fsp3) is 0.172. The van der Waals surface area contributed by atoms with E-state index in [0.29, 0.717) is 21.2 Å². The number of benzene rings is 3. The van der Waals surface area contributed by atoms with E-state index in [9.17, 15) is 37.7 Å². The van der Waals surface area contributed by atoms with Crippen molar-refractivity contribution in [3.05, 3.63) is 103 Å². The molecule has 4 aromatic rings. The van der Waals surface area contributed by atoms with Crippen molar-refractivity contribution < 1.29 is 32.5 Å². The zero-order valence-electron chi connectivity index (χ0n) is 23.7. The lowest BCUT2D eigenvalue weighted by atomic mass is 9.83. The molecule has 0 saturated carbocycles. The first-order chi connectivity index (χ1) is 21.9. The highest BCUT2D eigenvalue weighted by Gasteiger charge is 2.56. The number of nitrogens with two attached hydrogens (primary N) is 1. The van der Waals surface area contributed by atoms with Gasteiger partial charge in [-0.2, -0.15) is 0 Å². The predicted molar refractivity (Wildman–Crippen MR) is 169 cm³/mol. The van der Waals surface area contributed by atoms with Gasteiger partial charge >= 0.3 is 4.87 Å². The van der Waals surface area contributed by atoms with E-state index < -0.39 is 61.2 Å². The topological polar surface area (TPSA) is 201 Å². The number of nitrogens with zero attached hydrogens (tertiary/aromatic N) is 3. The van der Waals surface area contributed by atoms with Gasteiger partial charge in [0.05, 0.1) is 33.6 Å². The molecular formula is C29H23N5O9S3. The number of carbonyl (C=O) groups excluding carboxylic acids is 3. The minimum absolute atomic E-state index is 0.136. The molecule has 46 heavy (non-hydrogen) atoms. The molecule has 1 fully saturated rings. The first-order valence-electron chi connectivity index (χ1n) is 13.5. The number of aromatic nitrogens is 1. The van der Waals surface area contributed by atoms with E-state index in [-0.39, 0.29) is 22.0 Å². The van der Waals surface area contributed by atoms with Gasteiger partial charge in [-0.25, -0.2) is 18.5 Å². The average Bonchev–Trinajstić information content (AvgIpc) is 3.47. The molecule has 1 saturated heterocycles. The molecule has 3 amide bonds. The molecule has 2 aliphatic rings. The van der Waals surface area contributed by atoms with E-state index in [1.807, 2.05) is 0 Å². The normalized spacial score (nSPS) is 19.0. The van der Waals surface area contributed by atoms with Gasteiger partial charge in [0.15, 0.2) is 0 Å². The summed E-state index contributed by atoms with van der Waals surface area (Å²) >= 11 is 1.90. The monoisotopic (exact) mass is 681 g/mol. The summed E-state index contributed by atoms with van der Waals surface area (Å²) < 4.78 is 29.6. The molecule has 3 N–H and O–H groups in total. The van der Waals surface area contributed by atoms with Gasteiger partial charge in [-0.15, -0.1) is 0 Å². The van der Waals surface area contributed by atoms with Crippen molar-refractivity contribution in [2.24, 2.45) is 11.1 Å². The van der Waals surface area contributed by atoms with Crippen molar-refractivity contribution in [1.29, 1.82) is 0 Å². The van der Waals surface area contributed by atoms with Gasteiger partial charge in [0.1, 0.15) is 17.5 Å². The second-order valence-electron chi connectivity index (χ2n) is 10.3. The average molecular weight is 682 g/mol. The number of amides is 3. The number of ether oxygens (including phenoxy) is 1. The number of methoxy groups -OCH3 is 1. The summed E-state index contributed by atoms with van der Waals surface area (Å²) in [5.74, 6) is -2.73. The molecule has 3 atom stereocenters. The highest BCUT2D eigenvalue weighted by molar-refractivity contribution is 8.00. The number of non-ortho nitro benzene ring substituents is 1. The summed E-state index contributed by atoms with van der Waals surface area (Å²) in [6, 6.07) is 17.2. The molecule has 6 rings (SSSR count). The van der Waals surface area contributed by atoms with Crippen LogP contribution in [0.2, 0.25) is 0 Å². The lowest BCUT2D eigenvalue weighted by Crippen LogP contribution is -2.33. The molecule has 2 aliphatic heterocycles. The van der Waals surface area contributed by atoms with Gasteiger partial charge in [0.2, 0.25) is 27.7 Å². The van der Waals surface area contributed by atoms with Gasteiger partial charge in [0, 0.05) is 28.6 Å². The maximum atomic E-state index is 14.0. The van der Waals surface area contributed by atoms with Crippen LogP contribution in [-0.2, 0) is 31.0 Å². The van der Waals surface area contributed by atoms with E-state index >= 15 is 0 Å². The fourth-order valence-electron chi connectivity index (χ4n) is 5.48. The zero-order valence-corrected chi connectivity index (χ0v) is 26.1. The molecule has 3 aromatic carbocycles. The number of nitro benzene ring substituents is 1. The van der Waals surface area contributed by atoms with Crippen LogP contribution >= 0.6 is 23.1 Å². The molecule has 0 aliphatic carbocycles. The quantitative estimate of drug-likeness (QED) is 0.158. The van der Waals surface area contributed by atoms with Crippen LogP contribution in [0.4, 0.5) is 17.1 Å². The summed E-state index contributed by atoms with van der Waals surface area (Å²) in [6.07, 6.45) is 0. The number of hydrogen-bond acceptors (Lipinski definition) is 11. The number of fused-ring (bicyclic) bond motifs is 2. The van der Waals surface area contributed by atoms with Gasteiger partial charge in [-0.3, -0.25) is 33.9 Å². The minimum Gasteiger partial charge on any atom is -0.497 e. The predicted octanol–water partition coefficient (Wildman–Crippen LogP) is 2.91. The molecule has 0 spiro atoms. The highest BCUT2D eigenvalue weighted by atomic mass is 32.2. The largest absolute Gasteiger partial charge is 0.497 e. The number of thioether (sulfide) groups is 1. The van der Waals surface area contributed by atoms with Crippen molar-refractivity contribution in [3.63, 3.8) is 0 Å². The van der Waals surface area contributed by atoms with Crippen LogP contribution in [0.25, 0.3) is 0 Å². The Morgan fingerprint density at radius 2 is 1.65 bits per heavy atom. The van der Waals surface area contributed by atoms with E-state index in [2.05, 4.69) is 5.32 Å². The number of primary sulfonamides is 1. The SMILES string of the molecule is COc1ccc([C@@H]2c3sc(=O)n(CC(=O)Nc4ccc(S(N)(=O)=O)cc4)c3SC3C(=O)N(c4ccc([N+](=O)[O-])cc4)C(=O)C32)cc1. The van der Waals surface area contributed by atoms with Crippen molar-refractivity contribution in [2.45, 2.75) is 27.6 Å². The smallest absolute Gasteiger partial charge is 0.308 e. The first-order valence-corrected chi connectivity index (χ1v) is 16.7. The first kappa shape index (κ1) is 31.2. The second kappa shape index (κ2) is 11.8. The Morgan fingerprint density at radius 1 is 1.00 bits per heavy atom. The summed E-state index contributed by atoms with van der Waals surface area (Å²) in [4.78, 5) is 65.7. The number of thiazole rings is 1. The van der Waals surface area contributed by atoms with Gasteiger partial charge < -0.3 is 10.1 Å². The number of sulfonamides is 1. The minimum atomic E-state index is -3.93. The molecule has 3 heterocycles. The molecular weight excluding hydrogens is 659 g/mol. The molecule has 236 valence electrons. The molecule has 1 aromatic heterocycles. The Labute approximate surface area is 269 Å². The van der Waals surface area contributed by atoms with Crippen LogP contribution < -0.4 is 25.0 Å². The van der Waals surface area contributed by atoms with E-state index in [1.165, 1.54) is 60.2 Å². The lowest BCUT2D eigenvalue weighted by molar-refractivity contribution is -0.384. The number of carbonyl (C=O) groups is 3. The Hall–Kier alpha value is -4.84. The molecule has 17 heteroatoms. The third-order valence-corrected chi connectivity index (χ3v) is 11.1. The molecule has 0 bridgehead atoms. The van der Waals surface area contributed by atoms with Crippen molar-refractivity contribution in [1.82, 2.24) is 4.57 Å². The van der Waals surface area contributed by atoms with Crippen molar-refractivity contribution in [3.8, 4) is 5.75 Å². The van der Waals surface area contributed by atoms with Gasteiger partial charge in [-0.1, -0.05) is 35.2 Å². The standard InChI is InChI=1S/C29H23N5O9S3/c1-43-19-10-2-15(3-11-19)22-23-24(27(37)33(26(23)36)17-6-8-18(9-7-17)34(39)40)44-28-25(22)45-29(38)32(28)14-21(35)31-16-4-12-20(13-5-16)46(30,41)42/h2-13,22-24H,14H2,1H3,(H,31,35)(H2,30,41,42)/t22-,23?,24?/m0/s1. The van der Waals surface area contributed by atoms with Crippen molar-refractivity contribution >= 4 is 67.9 Å². The fourth-order valence-corrected chi connectivity index (χ4v) is 8.76. The Morgan fingerprint density at radius 3 is 2.24 bits per heavy atom. The Balaban J connectivity index is 1.36. The van der Waals surface area contributed by atoms with Crippen molar-refractivity contribution in [2.75, 3.05) is 17.3 Å². The van der Waals surface area contributed by atoms with Crippen LogP contribution in [0.5, 0.6) is 5.75 Å². The lowest BCUT2D eigenvalue weighted by Gasteiger charge is -2.30. The Kier molecular flexibility index (Phi) is 8.01. The van der Waals surface area contributed by atoms with Gasteiger partial charge in [0.25, 0.3) is 5.69 Å².